The standard InChI is InChI=1S/C30H31F2N5O/c1-21-18-23(10-12-26(21)31)29-33-30(24-11-13-27(32)22(2)19-24)37(34-29)20-28(38)36-16-14-35(15-17-36)25-8-6-4-3-5-7-9-25/h3-4,6,8-13,18-19H,5,7,14-17,20H2,1-2H3. The van der Waals surface area contributed by atoms with Crippen molar-refractivity contribution in [2.24, 2.45) is 0 Å². The first-order valence-electron chi connectivity index (χ1n) is 12.9. The molecule has 0 atom stereocenters. The molecule has 3 aromatic rings. The van der Waals surface area contributed by atoms with Gasteiger partial charge in [-0.1, -0.05) is 24.3 Å². The van der Waals surface area contributed by atoms with Gasteiger partial charge in [0.1, 0.15) is 18.2 Å². The van der Waals surface area contributed by atoms with Crippen molar-refractivity contribution in [2.75, 3.05) is 26.2 Å². The van der Waals surface area contributed by atoms with E-state index >= 15 is 0 Å². The molecule has 8 heteroatoms. The molecule has 0 unspecified atom stereocenters. The molecule has 1 amide bonds. The van der Waals surface area contributed by atoms with Crippen LogP contribution in [-0.2, 0) is 11.3 Å². The van der Waals surface area contributed by atoms with Crippen molar-refractivity contribution in [1.82, 2.24) is 24.6 Å². The summed E-state index contributed by atoms with van der Waals surface area (Å²) in [4.78, 5) is 22.2. The highest BCUT2D eigenvalue weighted by Gasteiger charge is 2.24. The minimum absolute atomic E-state index is 0.00628. The highest BCUT2D eigenvalue weighted by Crippen LogP contribution is 2.26. The third-order valence-corrected chi connectivity index (χ3v) is 6.99. The molecule has 2 aromatic carbocycles. The Morgan fingerprint density at radius 1 is 0.895 bits per heavy atom. The number of amides is 1. The normalized spacial score (nSPS) is 15.8. The van der Waals surface area contributed by atoms with E-state index in [-0.39, 0.29) is 24.1 Å². The zero-order chi connectivity index (χ0) is 26.6. The summed E-state index contributed by atoms with van der Waals surface area (Å²) in [6.45, 7) is 6.12. The van der Waals surface area contributed by atoms with Gasteiger partial charge in [0.25, 0.3) is 0 Å². The minimum atomic E-state index is -0.312. The van der Waals surface area contributed by atoms with E-state index in [0.29, 0.717) is 47.0 Å². The lowest BCUT2D eigenvalue weighted by molar-refractivity contribution is -0.133. The molecule has 1 aliphatic heterocycles. The van der Waals surface area contributed by atoms with E-state index in [4.69, 9.17) is 0 Å². The SMILES string of the molecule is Cc1cc(-c2nc(-c3ccc(F)c(C)c3)n(CC(=O)N3CCN(C4=CCCC=CC=C4)CC3)n2)ccc1F. The van der Waals surface area contributed by atoms with E-state index in [1.807, 2.05) is 4.90 Å². The molecule has 0 radical (unpaired) electrons. The number of piperazine rings is 1. The van der Waals surface area contributed by atoms with Crippen LogP contribution in [-0.4, -0.2) is 56.7 Å². The van der Waals surface area contributed by atoms with Gasteiger partial charge in [0.05, 0.1) is 0 Å². The van der Waals surface area contributed by atoms with Crippen molar-refractivity contribution < 1.29 is 13.6 Å². The Hall–Kier alpha value is -4.07. The summed E-state index contributed by atoms with van der Waals surface area (Å²) in [5.74, 6) is 0.184. The third kappa shape index (κ3) is 5.59. The zero-order valence-electron chi connectivity index (χ0n) is 21.7. The van der Waals surface area contributed by atoms with E-state index in [1.165, 1.54) is 17.8 Å². The van der Waals surface area contributed by atoms with Gasteiger partial charge in [-0.25, -0.2) is 18.4 Å². The molecule has 1 aliphatic carbocycles. The van der Waals surface area contributed by atoms with Gasteiger partial charge in [-0.15, -0.1) is 5.10 Å². The Balaban J connectivity index is 1.36. The van der Waals surface area contributed by atoms with Gasteiger partial charge >= 0.3 is 0 Å². The fourth-order valence-corrected chi connectivity index (χ4v) is 4.76. The topological polar surface area (TPSA) is 54.3 Å². The summed E-state index contributed by atoms with van der Waals surface area (Å²) < 4.78 is 29.4. The molecular formula is C30H31F2N5O. The lowest BCUT2D eigenvalue weighted by Gasteiger charge is -2.37. The number of nitrogens with zero attached hydrogens (tertiary/aromatic N) is 5. The van der Waals surface area contributed by atoms with Crippen LogP contribution in [0.5, 0.6) is 0 Å². The van der Waals surface area contributed by atoms with Crippen molar-refractivity contribution in [3.8, 4) is 22.8 Å². The number of benzene rings is 2. The Bertz CT molecular complexity index is 1430. The Morgan fingerprint density at radius 2 is 1.58 bits per heavy atom. The molecule has 5 rings (SSSR count). The molecule has 1 fully saturated rings. The van der Waals surface area contributed by atoms with E-state index in [2.05, 4.69) is 45.4 Å². The average molecular weight is 516 g/mol. The van der Waals surface area contributed by atoms with E-state index in [0.717, 1.165) is 25.9 Å². The highest BCUT2D eigenvalue weighted by atomic mass is 19.1. The number of rotatable bonds is 5. The number of carbonyl (C=O) groups excluding carboxylic acids is 1. The van der Waals surface area contributed by atoms with Crippen LogP contribution in [0.25, 0.3) is 22.8 Å². The number of aromatic nitrogens is 3. The van der Waals surface area contributed by atoms with Crippen LogP contribution >= 0.6 is 0 Å². The fourth-order valence-electron chi connectivity index (χ4n) is 4.76. The third-order valence-electron chi connectivity index (χ3n) is 6.99. The van der Waals surface area contributed by atoms with Gasteiger partial charge in [-0.05, 0) is 80.3 Å². The lowest BCUT2D eigenvalue weighted by Crippen LogP contribution is -2.49. The Morgan fingerprint density at radius 3 is 2.29 bits per heavy atom. The van der Waals surface area contributed by atoms with Gasteiger partial charge in [0, 0.05) is 43.0 Å². The maximum Gasteiger partial charge on any atom is 0.244 e. The molecule has 1 aromatic heterocycles. The highest BCUT2D eigenvalue weighted by molar-refractivity contribution is 5.77. The maximum absolute atomic E-state index is 14.0. The van der Waals surface area contributed by atoms with Crippen LogP contribution in [0.4, 0.5) is 8.78 Å². The van der Waals surface area contributed by atoms with Crippen LogP contribution < -0.4 is 0 Å². The first-order valence-corrected chi connectivity index (χ1v) is 12.9. The molecule has 0 bridgehead atoms. The van der Waals surface area contributed by atoms with E-state index in [1.54, 1.807) is 42.8 Å². The van der Waals surface area contributed by atoms with Crippen molar-refractivity contribution in [3.05, 3.63) is 95.2 Å². The van der Waals surface area contributed by atoms with Crippen molar-refractivity contribution in [2.45, 2.75) is 33.2 Å². The van der Waals surface area contributed by atoms with Crippen molar-refractivity contribution in [3.63, 3.8) is 0 Å². The second-order valence-electron chi connectivity index (χ2n) is 9.71. The number of aryl methyl sites for hydroxylation is 2. The van der Waals surface area contributed by atoms with Gasteiger partial charge in [0.2, 0.25) is 5.91 Å². The number of halogens is 2. The molecule has 38 heavy (non-hydrogen) atoms. The first-order chi connectivity index (χ1) is 18.4. The first kappa shape index (κ1) is 25.6. The molecule has 2 heterocycles. The maximum atomic E-state index is 14.0. The number of carbonyl (C=O) groups is 1. The molecule has 2 aliphatic rings. The molecule has 6 nitrogen and oxygen atoms in total. The van der Waals surface area contributed by atoms with Crippen LogP contribution in [0.1, 0.15) is 24.0 Å². The van der Waals surface area contributed by atoms with Crippen LogP contribution in [0.15, 0.2) is 72.5 Å². The van der Waals surface area contributed by atoms with Gasteiger partial charge < -0.3 is 9.80 Å². The Labute approximate surface area is 221 Å². The van der Waals surface area contributed by atoms with Gasteiger partial charge in [-0.2, -0.15) is 0 Å². The fraction of sp³-hybridized carbons (Fsp3) is 0.300. The average Bonchev–Trinajstić information content (AvgIpc) is 3.31. The lowest BCUT2D eigenvalue weighted by atomic mass is 10.1. The molecular weight excluding hydrogens is 484 g/mol. The van der Waals surface area contributed by atoms with E-state index < -0.39 is 0 Å². The minimum Gasteiger partial charge on any atom is -0.368 e. The summed E-state index contributed by atoms with van der Waals surface area (Å²) in [5.41, 5.74) is 3.48. The molecule has 196 valence electrons. The predicted molar refractivity (Wildman–Crippen MR) is 144 cm³/mol. The predicted octanol–water partition coefficient (Wildman–Crippen LogP) is 5.44. The monoisotopic (exact) mass is 515 g/mol. The molecule has 0 N–H and O–H groups in total. The second kappa shape index (κ2) is 11.1. The van der Waals surface area contributed by atoms with Crippen LogP contribution in [0.3, 0.4) is 0 Å². The van der Waals surface area contributed by atoms with Gasteiger partial charge in [0.15, 0.2) is 11.6 Å². The van der Waals surface area contributed by atoms with E-state index in [9.17, 15) is 13.6 Å². The smallest absolute Gasteiger partial charge is 0.244 e. The summed E-state index contributed by atoms with van der Waals surface area (Å²) in [5, 5.41) is 4.63. The van der Waals surface area contributed by atoms with Crippen LogP contribution in [0.2, 0.25) is 0 Å². The largest absolute Gasteiger partial charge is 0.368 e. The Kier molecular flexibility index (Phi) is 7.49. The number of hydrogen-bond donors (Lipinski definition) is 0. The summed E-state index contributed by atoms with van der Waals surface area (Å²) in [7, 11) is 0. The summed E-state index contributed by atoms with van der Waals surface area (Å²) in [6.07, 6.45) is 12.7. The summed E-state index contributed by atoms with van der Waals surface area (Å²) >= 11 is 0. The van der Waals surface area contributed by atoms with Crippen molar-refractivity contribution >= 4 is 5.91 Å². The second-order valence-corrected chi connectivity index (χ2v) is 9.71. The molecule has 0 spiro atoms. The zero-order valence-corrected chi connectivity index (χ0v) is 21.7. The quantitative estimate of drug-likeness (QED) is 0.454. The molecule has 0 saturated carbocycles. The van der Waals surface area contributed by atoms with Crippen molar-refractivity contribution in [1.29, 1.82) is 0 Å². The van der Waals surface area contributed by atoms with Gasteiger partial charge in [-0.3, -0.25) is 4.79 Å². The molecule has 1 saturated heterocycles. The summed E-state index contributed by atoms with van der Waals surface area (Å²) in [6, 6.07) is 9.41. The van der Waals surface area contributed by atoms with Crippen LogP contribution in [0, 0.1) is 25.5 Å². The number of hydrogen-bond acceptors (Lipinski definition) is 4. The number of allylic oxidation sites excluding steroid dienone is 5.